The number of nitrogens with zero attached hydrogens (tertiary/aromatic N) is 1. The van der Waals surface area contributed by atoms with Crippen LogP contribution in [0.5, 0.6) is 0 Å². The third kappa shape index (κ3) is 2.59. The summed E-state index contributed by atoms with van der Waals surface area (Å²) in [5.41, 5.74) is 2.10. The van der Waals surface area contributed by atoms with E-state index in [1.165, 1.54) is 63.5 Å². The van der Waals surface area contributed by atoms with Gasteiger partial charge < -0.3 is 9.26 Å². The van der Waals surface area contributed by atoms with E-state index in [0.29, 0.717) is 16.7 Å². The van der Waals surface area contributed by atoms with Crippen LogP contribution in [0.1, 0.15) is 83.2 Å². The third-order valence-corrected chi connectivity index (χ3v) is 9.85. The predicted octanol–water partition coefficient (Wildman–Crippen LogP) is 6.06. The number of hydrogen-bond donors (Lipinski definition) is 0. The van der Waals surface area contributed by atoms with Crippen LogP contribution in [0.2, 0.25) is 0 Å². The van der Waals surface area contributed by atoms with Crippen LogP contribution in [-0.4, -0.2) is 18.9 Å². The van der Waals surface area contributed by atoms with Gasteiger partial charge in [-0.1, -0.05) is 25.4 Å². The van der Waals surface area contributed by atoms with Gasteiger partial charge in [0.2, 0.25) is 0 Å². The maximum atomic E-state index is 5.92. The van der Waals surface area contributed by atoms with Crippen molar-refractivity contribution >= 4 is 0 Å². The molecule has 8 unspecified atom stereocenters. The van der Waals surface area contributed by atoms with E-state index in [9.17, 15) is 0 Å². The number of ether oxygens (including phenoxy) is 1. The number of methoxy groups -OCH3 is 1. The van der Waals surface area contributed by atoms with Crippen LogP contribution in [0.4, 0.5) is 0 Å². The summed E-state index contributed by atoms with van der Waals surface area (Å²) in [6.07, 6.45) is 14.4. The zero-order valence-electron chi connectivity index (χ0n) is 17.5. The Balaban J connectivity index is 1.45. The Morgan fingerprint density at radius 1 is 1.11 bits per heavy atom. The highest BCUT2D eigenvalue weighted by molar-refractivity contribution is 5.18. The Morgan fingerprint density at radius 3 is 2.78 bits per heavy atom. The monoisotopic (exact) mass is 371 g/mol. The summed E-state index contributed by atoms with van der Waals surface area (Å²) in [6, 6.07) is 2.12. The Labute approximate surface area is 164 Å². The molecule has 5 rings (SSSR count). The van der Waals surface area contributed by atoms with E-state index in [4.69, 9.17) is 9.26 Å². The Bertz CT molecular complexity index is 657. The van der Waals surface area contributed by atoms with Gasteiger partial charge in [-0.2, -0.15) is 0 Å². The lowest BCUT2D eigenvalue weighted by atomic mass is 9.44. The lowest BCUT2D eigenvalue weighted by molar-refractivity contribution is -0.147. The predicted molar refractivity (Wildman–Crippen MR) is 106 cm³/mol. The van der Waals surface area contributed by atoms with Gasteiger partial charge in [-0.15, -0.1) is 0 Å². The van der Waals surface area contributed by atoms with Crippen LogP contribution in [0.25, 0.3) is 0 Å². The van der Waals surface area contributed by atoms with Crippen molar-refractivity contribution in [1.82, 2.24) is 5.16 Å². The van der Waals surface area contributed by atoms with Gasteiger partial charge in [0.25, 0.3) is 0 Å². The lowest BCUT2D eigenvalue weighted by Gasteiger charge is -2.62. The van der Waals surface area contributed by atoms with Gasteiger partial charge in [0.1, 0.15) is 6.26 Å². The van der Waals surface area contributed by atoms with Gasteiger partial charge in [-0.25, -0.2) is 0 Å². The molecule has 0 aliphatic heterocycles. The molecule has 4 saturated carbocycles. The largest absolute Gasteiger partial charge is 0.384 e. The Kier molecular flexibility index (Phi) is 4.46. The molecule has 8 atom stereocenters. The van der Waals surface area contributed by atoms with Crippen molar-refractivity contribution in [3.63, 3.8) is 0 Å². The molecule has 0 radical (unpaired) electrons. The first-order chi connectivity index (χ1) is 13.1. The molecule has 1 heterocycles. The Hall–Kier alpha value is -0.830. The summed E-state index contributed by atoms with van der Waals surface area (Å²) in [5, 5.41) is 4.36. The summed E-state index contributed by atoms with van der Waals surface area (Å²) in [6.45, 7) is 6.06. The van der Waals surface area contributed by atoms with Crippen LogP contribution < -0.4 is 0 Å². The van der Waals surface area contributed by atoms with Crippen LogP contribution >= 0.6 is 0 Å². The summed E-state index contributed by atoms with van der Waals surface area (Å²) in [7, 11) is 1.94. The maximum Gasteiger partial charge on any atom is 0.124 e. The van der Waals surface area contributed by atoms with Crippen molar-refractivity contribution in [3.05, 3.63) is 18.0 Å². The normalized spacial score (nSPS) is 49.3. The van der Waals surface area contributed by atoms with E-state index in [1.54, 1.807) is 6.26 Å². The molecule has 0 bridgehead atoms. The molecule has 0 saturated heterocycles. The first-order valence-electron chi connectivity index (χ1n) is 11.5. The number of hydrogen-bond acceptors (Lipinski definition) is 3. The SMILES string of the molecule is COCC12CCC(C)CC1CCC1C3CCC(c4ccon4)C3(C)CCC12. The fourth-order valence-electron chi connectivity index (χ4n) is 8.70. The zero-order valence-corrected chi connectivity index (χ0v) is 17.5. The van der Waals surface area contributed by atoms with Crippen molar-refractivity contribution in [2.75, 3.05) is 13.7 Å². The summed E-state index contributed by atoms with van der Waals surface area (Å²) >= 11 is 0. The highest BCUT2D eigenvalue weighted by atomic mass is 16.5. The number of rotatable bonds is 3. The summed E-state index contributed by atoms with van der Waals surface area (Å²) in [5.74, 6) is 5.07. The molecule has 27 heavy (non-hydrogen) atoms. The highest BCUT2D eigenvalue weighted by Crippen LogP contribution is 2.69. The van der Waals surface area contributed by atoms with Gasteiger partial charge in [-0.05, 0) is 91.8 Å². The molecular weight excluding hydrogens is 334 g/mol. The molecule has 1 aromatic rings. The van der Waals surface area contributed by atoms with Crippen molar-refractivity contribution < 1.29 is 9.26 Å². The molecule has 150 valence electrons. The standard InChI is InChI=1S/C24H37NO2/c1-16-8-12-24(15-26-3)17(14-16)4-5-18-19-6-7-21(22-10-13-27-25-22)23(19,2)11-9-20(18)24/h10,13,16-21H,4-9,11-12,14-15H2,1-3H3. The molecule has 4 aliphatic carbocycles. The van der Waals surface area contributed by atoms with E-state index >= 15 is 0 Å². The average molecular weight is 372 g/mol. The molecule has 3 nitrogen and oxygen atoms in total. The number of fused-ring (bicyclic) bond motifs is 5. The second-order valence-electron chi connectivity index (χ2n) is 10.8. The van der Waals surface area contributed by atoms with E-state index < -0.39 is 0 Å². The van der Waals surface area contributed by atoms with Gasteiger partial charge in [0, 0.05) is 19.1 Å². The average Bonchev–Trinajstić information content (AvgIpc) is 3.29. The lowest BCUT2D eigenvalue weighted by Crippen LogP contribution is -2.56. The molecule has 0 spiro atoms. The summed E-state index contributed by atoms with van der Waals surface area (Å²) < 4.78 is 11.1. The first-order valence-corrected chi connectivity index (χ1v) is 11.5. The minimum absolute atomic E-state index is 0.418. The molecule has 0 N–H and O–H groups in total. The van der Waals surface area contributed by atoms with Crippen molar-refractivity contribution in [3.8, 4) is 0 Å². The van der Waals surface area contributed by atoms with Crippen molar-refractivity contribution in [1.29, 1.82) is 0 Å². The zero-order chi connectivity index (χ0) is 18.6. The van der Waals surface area contributed by atoms with Crippen LogP contribution in [0.3, 0.4) is 0 Å². The van der Waals surface area contributed by atoms with E-state index in [2.05, 4.69) is 25.1 Å². The molecular formula is C24H37NO2. The number of aromatic nitrogens is 1. The van der Waals surface area contributed by atoms with E-state index in [-0.39, 0.29) is 0 Å². The maximum absolute atomic E-state index is 5.92. The highest BCUT2D eigenvalue weighted by Gasteiger charge is 2.61. The van der Waals surface area contributed by atoms with Crippen LogP contribution in [0, 0.1) is 40.4 Å². The Morgan fingerprint density at radius 2 is 2.00 bits per heavy atom. The second kappa shape index (κ2) is 6.61. The molecule has 0 amide bonds. The van der Waals surface area contributed by atoms with Gasteiger partial charge in [0.15, 0.2) is 0 Å². The van der Waals surface area contributed by atoms with Gasteiger partial charge in [0.05, 0.1) is 12.3 Å². The molecule has 0 aromatic carbocycles. The minimum atomic E-state index is 0.418. The van der Waals surface area contributed by atoms with E-state index in [1.807, 2.05) is 7.11 Å². The quantitative estimate of drug-likeness (QED) is 0.647. The summed E-state index contributed by atoms with van der Waals surface area (Å²) in [4.78, 5) is 0. The molecule has 4 fully saturated rings. The van der Waals surface area contributed by atoms with Gasteiger partial charge >= 0.3 is 0 Å². The molecule has 1 aromatic heterocycles. The second-order valence-corrected chi connectivity index (χ2v) is 10.8. The smallest absolute Gasteiger partial charge is 0.124 e. The fraction of sp³-hybridized carbons (Fsp3) is 0.875. The van der Waals surface area contributed by atoms with Crippen molar-refractivity contribution in [2.45, 2.75) is 77.6 Å². The minimum Gasteiger partial charge on any atom is -0.384 e. The molecule has 3 heteroatoms. The molecule has 4 aliphatic rings. The van der Waals surface area contributed by atoms with Crippen molar-refractivity contribution in [2.24, 2.45) is 40.4 Å². The van der Waals surface area contributed by atoms with Crippen LogP contribution in [0.15, 0.2) is 16.9 Å². The van der Waals surface area contributed by atoms with Crippen LogP contribution in [-0.2, 0) is 4.74 Å². The fourth-order valence-corrected chi connectivity index (χ4v) is 8.70. The van der Waals surface area contributed by atoms with E-state index in [0.717, 1.165) is 36.2 Å². The topological polar surface area (TPSA) is 35.3 Å². The first kappa shape index (κ1) is 18.2. The third-order valence-electron chi connectivity index (χ3n) is 9.85. The van der Waals surface area contributed by atoms with Gasteiger partial charge in [-0.3, -0.25) is 0 Å².